The first-order valence-electron chi connectivity index (χ1n) is 5.40. The molecule has 0 saturated carbocycles. The zero-order chi connectivity index (χ0) is 14.8. The summed E-state index contributed by atoms with van der Waals surface area (Å²) in [4.78, 5) is 13.6. The lowest BCUT2D eigenvalue weighted by atomic mass is 10.3. The number of nitrogens with two attached hydrogens (primary N) is 1. The molecule has 1 amide bonds. The van der Waals surface area contributed by atoms with Gasteiger partial charge in [0.05, 0.1) is 0 Å². The molecule has 0 unspecified atom stereocenters. The quantitative estimate of drug-likeness (QED) is 0.375. The summed E-state index contributed by atoms with van der Waals surface area (Å²) in [6.45, 7) is 0. The molecule has 0 atom stereocenters. The summed E-state index contributed by atoms with van der Waals surface area (Å²) < 4.78 is 39.0. The fourth-order valence-electron chi connectivity index (χ4n) is 1.47. The van der Waals surface area contributed by atoms with Crippen molar-refractivity contribution in [1.82, 2.24) is 10.4 Å². The Morgan fingerprint density at radius 3 is 2.50 bits per heavy atom. The molecule has 0 radical (unpaired) electrons. The van der Waals surface area contributed by atoms with E-state index in [0.717, 1.165) is 24.4 Å². The van der Waals surface area contributed by atoms with E-state index in [4.69, 9.17) is 5.84 Å². The molecule has 1 heterocycles. The van der Waals surface area contributed by atoms with Crippen LogP contribution in [0.3, 0.4) is 0 Å². The molecule has 1 aromatic carbocycles. The number of halogens is 1. The molecule has 0 aliphatic carbocycles. The molecule has 2 aromatic rings. The van der Waals surface area contributed by atoms with E-state index < -0.39 is 21.7 Å². The molecule has 9 heteroatoms. The molecule has 2 rings (SSSR count). The van der Waals surface area contributed by atoms with Crippen LogP contribution in [0.15, 0.2) is 41.4 Å². The van der Waals surface area contributed by atoms with Gasteiger partial charge in [0.1, 0.15) is 16.4 Å². The Labute approximate surface area is 114 Å². The molecule has 0 aliphatic heterocycles. The summed E-state index contributed by atoms with van der Waals surface area (Å²) in [6, 6.07) is 5.96. The van der Waals surface area contributed by atoms with Gasteiger partial charge in [-0.2, -0.15) is 0 Å². The molecule has 0 aliphatic rings. The minimum atomic E-state index is -3.87. The average Bonchev–Trinajstić information content (AvgIpc) is 2.91. The Kier molecular flexibility index (Phi) is 3.72. The summed E-state index contributed by atoms with van der Waals surface area (Å²) in [5.74, 6) is 3.82. The summed E-state index contributed by atoms with van der Waals surface area (Å²) >= 11 is 0. The maximum atomic E-state index is 12.7. The van der Waals surface area contributed by atoms with Crippen LogP contribution in [0.2, 0.25) is 0 Å². The molecular formula is C11H11FN4O3S. The van der Waals surface area contributed by atoms with Crippen molar-refractivity contribution in [2.75, 3.05) is 4.72 Å². The van der Waals surface area contributed by atoms with Crippen LogP contribution < -0.4 is 16.0 Å². The molecule has 106 valence electrons. The Morgan fingerprint density at radius 1 is 1.25 bits per heavy atom. The summed E-state index contributed by atoms with van der Waals surface area (Å²) in [6.07, 6.45) is 1.15. The van der Waals surface area contributed by atoms with Crippen LogP contribution in [0.25, 0.3) is 0 Å². The molecule has 0 spiro atoms. The van der Waals surface area contributed by atoms with Gasteiger partial charge in [0.2, 0.25) is 0 Å². The van der Waals surface area contributed by atoms with Gasteiger partial charge in [-0.3, -0.25) is 14.9 Å². The highest BCUT2D eigenvalue weighted by atomic mass is 32.2. The van der Waals surface area contributed by atoms with E-state index in [9.17, 15) is 17.6 Å². The molecule has 7 nitrogen and oxygen atoms in total. The number of hydrogen-bond donors (Lipinski definition) is 4. The highest BCUT2D eigenvalue weighted by molar-refractivity contribution is 7.92. The number of nitrogens with one attached hydrogen (secondary N) is 3. The topological polar surface area (TPSA) is 117 Å². The van der Waals surface area contributed by atoms with Gasteiger partial charge < -0.3 is 4.98 Å². The van der Waals surface area contributed by atoms with Crippen LogP contribution in [0.1, 0.15) is 10.5 Å². The van der Waals surface area contributed by atoms with E-state index in [2.05, 4.69) is 9.71 Å². The van der Waals surface area contributed by atoms with Crippen molar-refractivity contribution in [2.45, 2.75) is 4.90 Å². The van der Waals surface area contributed by atoms with Crippen molar-refractivity contribution < 1.29 is 17.6 Å². The largest absolute Gasteiger partial charge is 0.356 e. The number of sulfonamides is 1. The molecule has 1 aromatic heterocycles. The van der Waals surface area contributed by atoms with Gasteiger partial charge >= 0.3 is 0 Å². The third kappa shape index (κ3) is 2.95. The van der Waals surface area contributed by atoms with Crippen LogP contribution in [-0.4, -0.2) is 19.3 Å². The van der Waals surface area contributed by atoms with Crippen LogP contribution >= 0.6 is 0 Å². The van der Waals surface area contributed by atoms with Gasteiger partial charge in [0, 0.05) is 11.9 Å². The zero-order valence-electron chi connectivity index (χ0n) is 10.1. The first-order valence-corrected chi connectivity index (χ1v) is 6.88. The predicted octanol–water partition coefficient (Wildman–Crippen LogP) is 0.558. The Bertz CT molecular complexity index is 724. The van der Waals surface area contributed by atoms with Gasteiger partial charge in [-0.25, -0.2) is 18.7 Å². The number of hydrogen-bond acceptors (Lipinski definition) is 4. The van der Waals surface area contributed by atoms with Gasteiger partial charge in [0.15, 0.2) is 0 Å². The molecular weight excluding hydrogens is 287 g/mol. The lowest BCUT2D eigenvalue weighted by Crippen LogP contribution is -2.30. The molecule has 0 saturated heterocycles. The predicted molar refractivity (Wildman–Crippen MR) is 69.7 cm³/mol. The summed E-state index contributed by atoms with van der Waals surface area (Å²) in [5.41, 5.74) is 2.09. The Morgan fingerprint density at radius 2 is 1.90 bits per heavy atom. The second-order valence-corrected chi connectivity index (χ2v) is 5.52. The normalized spacial score (nSPS) is 11.1. The van der Waals surface area contributed by atoms with Crippen molar-refractivity contribution in [3.05, 3.63) is 48.0 Å². The lowest BCUT2D eigenvalue weighted by molar-refractivity contribution is 0.0949. The minimum absolute atomic E-state index is 0.00646. The van der Waals surface area contributed by atoms with Gasteiger partial charge in [-0.05, 0) is 30.3 Å². The monoisotopic (exact) mass is 298 g/mol. The maximum Gasteiger partial charge on any atom is 0.281 e. The fourth-order valence-corrected chi connectivity index (χ4v) is 2.52. The zero-order valence-corrected chi connectivity index (χ0v) is 10.9. The number of carbonyl (C=O) groups is 1. The number of amides is 1. The van der Waals surface area contributed by atoms with E-state index in [0.29, 0.717) is 0 Å². The molecule has 5 N–H and O–H groups in total. The van der Waals surface area contributed by atoms with E-state index in [1.165, 1.54) is 12.1 Å². The number of H-pyrrole nitrogens is 1. The smallest absolute Gasteiger partial charge is 0.281 e. The van der Waals surface area contributed by atoms with Crippen LogP contribution in [0.4, 0.5) is 10.1 Å². The fraction of sp³-hybridized carbons (Fsp3) is 0. The molecule has 20 heavy (non-hydrogen) atoms. The number of hydrazine groups is 1. The van der Waals surface area contributed by atoms with Crippen LogP contribution in [0, 0.1) is 5.82 Å². The second kappa shape index (κ2) is 5.31. The molecule has 0 bridgehead atoms. The van der Waals surface area contributed by atoms with Gasteiger partial charge in [0.25, 0.3) is 15.9 Å². The van der Waals surface area contributed by atoms with Crippen LogP contribution in [0.5, 0.6) is 0 Å². The summed E-state index contributed by atoms with van der Waals surface area (Å²) in [7, 11) is -3.87. The number of anilines is 1. The van der Waals surface area contributed by atoms with Crippen molar-refractivity contribution in [2.24, 2.45) is 5.84 Å². The van der Waals surface area contributed by atoms with Gasteiger partial charge in [-0.1, -0.05) is 0 Å². The molecule has 0 fully saturated rings. The number of aromatic amines is 1. The lowest BCUT2D eigenvalue weighted by Gasteiger charge is -2.05. The van der Waals surface area contributed by atoms with Crippen molar-refractivity contribution in [3.63, 3.8) is 0 Å². The number of rotatable bonds is 4. The average molecular weight is 298 g/mol. The Balaban J connectivity index is 2.24. The first-order chi connectivity index (χ1) is 9.42. The number of nitrogen functional groups attached to an aromatic ring is 1. The number of aromatic nitrogens is 1. The standard InChI is InChI=1S/C11H11FN4O3S/c12-7-1-3-8(4-2-7)16-20(18,19)9-5-10(14-6-9)11(17)15-13/h1-6,14,16H,13H2,(H,15,17). The summed E-state index contributed by atoms with van der Waals surface area (Å²) in [5, 5.41) is 0. The van der Waals surface area contributed by atoms with Crippen molar-refractivity contribution in [3.8, 4) is 0 Å². The highest BCUT2D eigenvalue weighted by Crippen LogP contribution is 2.17. The highest BCUT2D eigenvalue weighted by Gasteiger charge is 2.18. The minimum Gasteiger partial charge on any atom is -0.356 e. The van der Waals surface area contributed by atoms with Crippen molar-refractivity contribution in [1.29, 1.82) is 0 Å². The second-order valence-electron chi connectivity index (χ2n) is 3.83. The first kappa shape index (κ1) is 14.0. The van der Waals surface area contributed by atoms with Crippen LogP contribution in [-0.2, 0) is 10.0 Å². The SMILES string of the molecule is NNC(=O)c1cc(S(=O)(=O)Nc2ccc(F)cc2)c[nH]1. The van der Waals surface area contributed by atoms with E-state index in [1.54, 1.807) is 0 Å². The van der Waals surface area contributed by atoms with E-state index >= 15 is 0 Å². The third-order valence-corrected chi connectivity index (χ3v) is 3.80. The van der Waals surface area contributed by atoms with E-state index in [1.807, 2.05) is 5.43 Å². The van der Waals surface area contributed by atoms with E-state index in [-0.39, 0.29) is 16.3 Å². The van der Waals surface area contributed by atoms with Crippen molar-refractivity contribution >= 4 is 21.6 Å². The maximum absolute atomic E-state index is 12.7. The Hall–Kier alpha value is -2.39. The third-order valence-electron chi connectivity index (χ3n) is 2.44. The van der Waals surface area contributed by atoms with Gasteiger partial charge in [-0.15, -0.1) is 0 Å². The number of benzene rings is 1. The number of carbonyl (C=O) groups excluding carboxylic acids is 1.